The lowest BCUT2D eigenvalue weighted by atomic mass is 10.3. The number of hydrogen-bond acceptors (Lipinski definition) is 2. The molecule has 4 heteroatoms. The third-order valence-corrected chi connectivity index (χ3v) is 2.23. The van der Waals surface area contributed by atoms with Crippen molar-refractivity contribution in [3.05, 3.63) is 0 Å². The second kappa shape index (κ2) is 1.67. The van der Waals surface area contributed by atoms with Gasteiger partial charge in [0.15, 0.2) is 0 Å². The minimum absolute atomic E-state index is 0.319. The molecule has 3 nitrogen and oxygen atoms in total. The number of carbonyl (C=O) groups is 1. The molecular weight excluding hydrogens is 136 g/mol. The second-order valence-electron chi connectivity index (χ2n) is 1.89. The van der Waals surface area contributed by atoms with Gasteiger partial charge < -0.3 is 0 Å². The van der Waals surface area contributed by atoms with Gasteiger partial charge in [0.2, 0.25) is 0 Å². The molecular formula is C5H4N2OS. The minimum Gasteiger partial charge on any atom is -0.244 e. The van der Waals surface area contributed by atoms with Crippen molar-refractivity contribution in [1.82, 2.24) is 0 Å². The van der Waals surface area contributed by atoms with E-state index in [0.29, 0.717) is 0 Å². The van der Waals surface area contributed by atoms with Crippen molar-refractivity contribution in [1.29, 1.82) is 0 Å². The average Bonchev–Trinajstić information content (AvgIpc) is 2.22. The number of thioether (sulfide) groups is 1. The summed E-state index contributed by atoms with van der Waals surface area (Å²) in [6, 6.07) is -0.319. The lowest BCUT2D eigenvalue weighted by Gasteiger charge is -1.78. The van der Waals surface area contributed by atoms with E-state index in [2.05, 4.69) is 9.98 Å². The molecule has 1 fully saturated rings. The average molecular weight is 140 g/mol. The molecule has 0 saturated carbocycles. The molecule has 2 aliphatic rings. The molecule has 0 aromatic carbocycles. The van der Waals surface area contributed by atoms with Crippen LogP contribution in [0.15, 0.2) is 9.98 Å². The maximum absolute atomic E-state index is 10.5. The number of amides is 2. The van der Waals surface area contributed by atoms with Gasteiger partial charge >= 0.3 is 6.03 Å². The van der Waals surface area contributed by atoms with Gasteiger partial charge in [-0.1, -0.05) is 0 Å². The van der Waals surface area contributed by atoms with E-state index in [1.807, 2.05) is 0 Å². The summed E-state index contributed by atoms with van der Waals surface area (Å²) in [5.74, 6) is 1.73. The molecule has 0 bridgehead atoms. The van der Waals surface area contributed by atoms with Crippen LogP contribution >= 0.6 is 11.8 Å². The van der Waals surface area contributed by atoms with Gasteiger partial charge in [-0.2, -0.15) is 9.98 Å². The summed E-state index contributed by atoms with van der Waals surface area (Å²) in [6.45, 7) is 0. The first-order valence-electron chi connectivity index (χ1n) is 2.63. The van der Waals surface area contributed by atoms with Gasteiger partial charge in [-0.15, -0.1) is 11.8 Å². The van der Waals surface area contributed by atoms with Gasteiger partial charge in [0, 0.05) is 11.5 Å². The van der Waals surface area contributed by atoms with Crippen LogP contribution in [0.3, 0.4) is 0 Å². The Balaban J connectivity index is 2.44. The number of rotatable bonds is 0. The molecule has 0 aromatic heterocycles. The van der Waals surface area contributed by atoms with Crippen molar-refractivity contribution < 1.29 is 4.79 Å². The van der Waals surface area contributed by atoms with Crippen LogP contribution in [0.1, 0.15) is 0 Å². The third kappa shape index (κ3) is 0.702. The van der Waals surface area contributed by atoms with E-state index in [4.69, 9.17) is 0 Å². The fraction of sp³-hybridized carbons (Fsp3) is 0.400. The molecule has 2 heterocycles. The van der Waals surface area contributed by atoms with E-state index in [9.17, 15) is 4.79 Å². The van der Waals surface area contributed by atoms with Crippen LogP contribution in [0.2, 0.25) is 0 Å². The molecule has 2 aliphatic heterocycles. The largest absolute Gasteiger partial charge is 0.367 e. The maximum Gasteiger partial charge on any atom is 0.367 e. The van der Waals surface area contributed by atoms with Crippen LogP contribution in [0, 0.1) is 0 Å². The fourth-order valence-corrected chi connectivity index (χ4v) is 1.81. The monoisotopic (exact) mass is 140 g/mol. The molecule has 0 atom stereocenters. The first kappa shape index (κ1) is 5.17. The summed E-state index contributed by atoms with van der Waals surface area (Å²) >= 11 is 1.75. The summed E-state index contributed by atoms with van der Waals surface area (Å²) in [6.07, 6.45) is 0. The molecule has 1 saturated heterocycles. The van der Waals surface area contributed by atoms with Gasteiger partial charge in [0.05, 0.1) is 11.4 Å². The Labute approximate surface area is 56.3 Å². The van der Waals surface area contributed by atoms with Crippen molar-refractivity contribution in [2.24, 2.45) is 9.98 Å². The predicted octanol–water partition coefficient (Wildman–Crippen LogP) is 0.749. The Hall–Kier alpha value is -0.640. The number of carbonyl (C=O) groups excluding carboxylic acids is 1. The van der Waals surface area contributed by atoms with Crippen LogP contribution in [-0.4, -0.2) is 29.0 Å². The van der Waals surface area contributed by atoms with E-state index in [0.717, 1.165) is 22.9 Å². The molecule has 0 radical (unpaired) electrons. The summed E-state index contributed by atoms with van der Waals surface area (Å²) in [7, 11) is 0. The van der Waals surface area contributed by atoms with E-state index in [-0.39, 0.29) is 6.03 Å². The van der Waals surface area contributed by atoms with Gasteiger partial charge in [0.25, 0.3) is 0 Å². The van der Waals surface area contributed by atoms with Crippen LogP contribution in [0.4, 0.5) is 4.79 Å². The van der Waals surface area contributed by atoms with E-state index < -0.39 is 0 Å². The Morgan fingerprint density at radius 1 is 1.22 bits per heavy atom. The second-order valence-corrected chi connectivity index (χ2v) is 2.88. The van der Waals surface area contributed by atoms with Crippen molar-refractivity contribution in [3.63, 3.8) is 0 Å². The van der Waals surface area contributed by atoms with Gasteiger partial charge in [-0.05, 0) is 0 Å². The normalized spacial score (nSPS) is 23.8. The quantitative estimate of drug-likeness (QED) is 0.498. The van der Waals surface area contributed by atoms with Crippen molar-refractivity contribution >= 4 is 29.2 Å². The van der Waals surface area contributed by atoms with Crippen LogP contribution in [-0.2, 0) is 0 Å². The number of fused-ring (bicyclic) bond motifs is 1. The molecule has 0 spiro atoms. The number of aliphatic imine (C=N–C) groups is 2. The SMILES string of the molecule is O=C1N=C2CSCC2=N1. The Morgan fingerprint density at radius 2 is 1.78 bits per heavy atom. The van der Waals surface area contributed by atoms with Crippen molar-refractivity contribution in [2.75, 3.05) is 11.5 Å². The molecule has 0 aliphatic carbocycles. The zero-order chi connectivity index (χ0) is 6.27. The molecule has 2 amide bonds. The van der Waals surface area contributed by atoms with Crippen LogP contribution < -0.4 is 0 Å². The van der Waals surface area contributed by atoms with Crippen LogP contribution in [0.25, 0.3) is 0 Å². The zero-order valence-corrected chi connectivity index (χ0v) is 5.44. The van der Waals surface area contributed by atoms with Gasteiger partial charge in [-0.25, -0.2) is 4.79 Å². The summed E-state index contributed by atoms with van der Waals surface area (Å²) in [4.78, 5) is 17.9. The first-order valence-corrected chi connectivity index (χ1v) is 3.79. The zero-order valence-electron chi connectivity index (χ0n) is 4.63. The Morgan fingerprint density at radius 3 is 2.33 bits per heavy atom. The summed E-state index contributed by atoms with van der Waals surface area (Å²) in [5.41, 5.74) is 1.79. The van der Waals surface area contributed by atoms with E-state index in [1.165, 1.54) is 0 Å². The molecule has 46 valence electrons. The van der Waals surface area contributed by atoms with E-state index in [1.54, 1.807) is 11.8 Å². The highest BCUT2D eigenvalue weighted by Gasteiger charge is 2.23. The molecule has 0 N–H and O–H groups in total. The minimum atomic E-state index is -0.319. The lowest BCUT2D eigenvalue weighted by molar-refractivity contribution is 0.257. The van der Waals surface area contributed by atoms with Crippen LogP contribution in [0.5, 0.6) is 0 Å². The first-order chi connectivity index (χ1) is 4.36. The lowest BCUT2D eigenvalue weighted by Crippen LogP contribution is -2.04. The van der Waals surface area contributed by atoms with Crippen molar-refractivity contribution in [2.45, 2.75) is 0 Å². The predicted molar refractivity (Wildman–Crippen MR) is 37.6 cm³/mol. The highest BCUT2D eigenvalue weighted by atomic mass is 32.2. The van der Waals surface area contributed by atoms with Gasteiger partial charge in [0.1, 0.15) is 0 Å². The third-order valence-electron chi connectivity index (χ3n) is 1.27. The van der Waals surface area contributed by atoms with Crippen molar-refractivity contribution in [3.8, 4) is 0 Å². The Kier molecular flexibility index (Phi) is 0.958. The molecule has 9 heavy (non-hydrogen) atoms. The topological polar surface area (TPSA) is 41.8 Å². The maximum atomic E-state index is 10.5. The fourth-order valence-electron chi connectivity index (χ4n) is 0.861. The summed E-state index contributed by atoms with van der Waals surface area (Å²) < 4.78 is 0. The smallest absolute Gasteiger partial charge is 0.244 e. The highest BCUT2D eigenvalue weighted by molar-refractivity contribution is 8.01. The highest BCUT2D eigenvalue weighted by Crippen LogP contribution is 2.17. The standard InChI is InChI=1S/C5H4N2OS/c8-5-6-3-1-9-2-4(3)7-5/h1-2H2. The summed E-state index contributed by atoms with van der Waals surface area (Å²) in [5, 5.41) is 0. The number of hydrogen-bond donors (Lipinski definition) is 0. The van der Waals surface area contributed by atoms with E-state index >= 15 is 0 Å². The number of urea groups is 1. The number of nitrogens with zero attached hydrogens (tertiary/aromatic N) is 2. The Bertz CT molecular complexity index is 209. The molecule has 0 aromatic rings. The molecule has 0 unspecified atom stereocenters. The molecule has 2 rings (SSSR count). The van der Waals surface area contributed by atoms with Gasteiger partial charge in [-0.3, -0.25) is 0 Å².